The Morgan fingerprint density at radius 3 is 2.28 bits per heavy atom. The van der Waals surface area contributed by atoms with E-state index in [9.17, 15) is 9.50 Å². The van der Waals surface area contributed by atoms with E-state index in [1.165, 1.54) is 0 Å². The lowest BCUT2D eigenvalue weighted by Gasteiger charge is -2.11. The number of nitrogens with zero attached hydrogens (tertiary/aromatic N) is 2. The van der Waals surface area contributed by atoms with Crippen molar-refractivity contribution >= 4 is 46.1 Å². The smallest absolute Gasteiger partial charge is 0.224 e. The molecule has 2 aromatic carbocycles. The third-order valence-electron chi connectivity index (χ3n) is 3.40. The quantitative estimate of drug-likeness (QED) is 0.417. The van der Waals surface area contributed by atoms with Crippen molar-refractivity contribution in [1.29, 1.82) is 0 Å². The molecule has 0 aliphatic carbocycles. The Morgan fingerprint density at radius 1 is 1.00 bits per heavy atom. The summed E-state index contributed by atoms with van der Waals surface area (Å²) < 4.78 is 13.6. The van der Waals surface area contributed by atoms with Crippen LogP contribution in [0.4, 0.5) is 27.3 Å². The minimum Gasteiger partial charge on any atom is -0.506 e. The highest BCUT2D eigenvalue weighted by Gasteiger charge is 2.07. The molecule has 128 valence electrons. The molecule has 3 N–H and O–H groups in total. The standard InChI is InChI=1S/C17H13Cl2FN4O/c1-9-6-12(7-13(18)15(9)25)22-10-2-4-11(5-3-10)23-16-14(20)8-21-17(19)24-16/h2-8,22,25H,1H3,(H,21,23,24). The van der Waals surface area contributed by atoms with E-state index in [4.69, 9.17) is 23.2 Å². The number of halogens is 3. The van der Waals surface area contributed by atoms with Crippen molar-refractivity contribution < 1.29 is 9.50 Å². The first-order valence-corrected chi connectivity index (χ1v) is 7.99. The van der Waals surface area contributed by atoms with Crippen LogP contribution in [0.5, 0.6) is 5.75 Å². The predicted octanol–water partition coefficient (Wildman–Crippen LogP) is 5.42. The molecule has 5 nitrogen and oxygen atoms in total. The fourth-order valence-corrected chi connectivity index (χ4v) is 2.58. The largest absolute Gasteiger partial charge is 0.506 e. The first-order chi connectivity index (χ1) is 11.9. The van der Waals surface area contributed by atoms with E-state index < -0.39 is 5.82 Å². The highest BCUT2D eigenvalue weighted by atomic mass is 35.5. The zero-order valence-corrected chi connectivity index (χ0v) is 14.5. The van der Waals surface area contributed by atoms with Gasteiger partial charge >= 0.3 is 0 Å². The van der Waals surface area contributed by atoms with Crippen LogP contribution >= 0.6 is 23.2 Å². The van der Waals surface area contributed by atoms with Crippen LogP contribution in [0, 0.1) is 12.7 Å². The number of nitrogens with one attached hydrogen (secondary N) is 2. The van der Waals surface area contributed by atoms with Crippen LogP contribution in [-0.4, -0.2) is 15.1 Å². The Balaban J connectivity index is 1.75. The normalized spacial score (nSPS) is 10.6. The van der Waals surface area contributed by atoms with E-state index in [-0.39, 0.29) is 21.9 Å². The highest BCUT2D eigenvalue weighted by molar-refractivity contribution is 6.32. The topological polar surface area (TPSA) is 70.1 Å². The van der Waals surface area contributed by atoms with Crippen molar-refractivity contribution in [3.63, 3.8) is 0 Å². The first-order valence-electron chi connectivity index (χ1n) is 7.23. The van der Waals surface area contributed by atoms with Crippen LogP contribution in [0.1, 0.15) is 5.56 Å². The Bertz CT molecular complexity index is 896. The molecular weight excluding hydrogens is 366 g/mol. The summed E-state index contributed by atoms with van der Waals surface area (Å²) in [5.74, 6) is -0.528. The summed E-state index contributed by atoms with van der Waals surface area (Å²) in [4.78, 5) is 7.36. The van der Waals surface area contributed by atoms with Gasteiger partial charge in [0, 0.05) is 17.1 Å². The molecule has 0 saturated heterocycles. The van der Waals surface area contributed by atoms with Gasteiger partial charge in [-0.25, -0.2) is 9.37 Å². The number of aryl methyl sites for hydroxylation is 1. The lowest BCUT2D eigenvalue weighted by atomic mass is 10.2. The molecule has 1 heterocycles. The van der Waals surface area contributed by atoms with E-state index in [2.05, 4.69) is 20.6 Å². The van der Waals surface area contributed by atoms with Gasteiger partial charge in [0.15, 0.2) is 11.6 Å². The number of hydrogen-bond donors (Lipinski definition) is 3. The SMILES string of the molecule is Cc1cc(Nc2ccc(Nc3nc(Cl)ncc3F)cc2)cc(Cl)c1O. The molecule has 3 aromatic rings. The Morgan fingerprint density at radius 2 is 1.64 bits per heavy atom. The molecule has 0 spiro atoms. The van der Waals surface area contributed by atoms with Gasteiger partial charge in [0.1, 0.15) is 5.75 Å². The summed E-state index contributed by atoms with van der Waals surface area (Å²) in [5.41, 5.74) is 2.85. The zero-order valence-electron chi connectivity index (χ0n) is 13.0. The third kappa shape index (κ3) is 4.10. The van der Waals surface area contributed by atoms with Crippen molar-refractivity contribution in [3.8, 4) is 5.75 Å². The number of rotatable bonds is 4. The van der Waals surface area contributed by atoms with Gasteiger partial charge in [-0.3, -0.25) is 0 Å². The molecule has 0 aliphatic heterocycles. The summed E-state index contributed by atoms with van der Waals surface area (Å²) in [7, 11) is 0. The molecule has 0 bridgehead atoms. The van der Waals surface area contributed by atoms with Crippen LogP contribution in [-0.2, 0) is 0 Å². The molecule has 0 saturated carbocycles. The Hall–Kier alpha value is -2.57. The molecule has 0 fully saturated rings. The minimum absolute atomic E-state index is 0.00153. The molecule has 3 rings (SSSR count). The van der Waals surface area contributed by atoms with Crippen LogP contribution in [0.15, 0.2) is 42.6 Å². The third-order valence-corrected chi connectivity index (χ3v) is 3.88. The van der Waals surface area contributed by atoms with Gasteiger partial charge in [0.2, 0.25) is 5.28 Å². The average Bonchev–Trinajstić information content (AvgIpc) is 2.58. The number of hydrogen-bond acceptors (Lipinski definition) is 5. The van der Waals surface area contributed by atoms with E-state index in [1.54, 1.807) is 43.3 Å². The van der Waals surface area contributed by atoms with Crippen LogP contribution in [0.25, 0.3) is 0 Å². The number of phenols is 1. The molecule has 25 heavy (non-hydrogen) atoms. The van der Waals surface area contributed by atoms with Crippen LogP contribution in [0.2, 0.25) is 10.3 Å². The molecular formula is C17H13Cl2FN4O. The van der Waals surface area contributed by atoms with Gasteiger partial charge in [0.25, 0.3) is 0 Å². The number of aromatic nitrogens is 2. The van der Waals surface area contributed by atoms with E-state index in [0.29, 0.717) is 11.3 Å². The Kier molecular flexibility index (Phi) is 4.92. The maximum atomic E-state index is 13.6. The monoisotopic (exact) mass is 378 g/mol. The molecule has 0 amide bonds. The number of phenolic OH excluding ortho intramolecular Hbond substituents is 1. The van der Waals surface area contributed by atoms with Crippen LogP contribution < -0.4 is 10.6 Å². The van der Waals surface area contributed by atoms with Gasteiger partial charge in [-0.05, 0) is 60.5 Å². The van der Waals surface area contributed by atoms with E-state index in [1.807, 2.05) is 0 Å². The predicted molar refractivity (Wildman–Crippen MR) is 97.9 cm³/mol. The Labute approximate surface area is 153 Å². The molecule has 0 unspecified atom stereocenters. The molecule has 0 aliphatic rings. The summed E-state index contributed by atoms with van der Waals surface area (Å²) >= 11 is 11.6. The van der Waals surface area contributed by atoms with Crippen LogP contribution in [0.3, 0.4) is 0 Å². The van der Waals surface area contributed by atoms with E-state index in [0.717, 1.165) is 17.6 Å². The van der Waals surface area contributed by atoms with Gasteiger partial charge in [-0.15, -0.1) is 0 Å². The van der Waals surface area contributed by atoms with Gasteiger partial charge in [-0.2, -0.15) is 4.98 Å². The van der Waals surface area contributed by atoms with Crippen molar-refractivity contribution in [2.75, 3.05) is 10.6 Å². The molecule has 1 aromatic heterocycles. The lowest BCUT2D eigenvalue weighted by molar-refractivity contribution is 0.471. The number of aromatic hydroxyl groups is 1. The highest BCUT2D eigenvalue weighted by Crippen LogP contribution is 2.32. The summed E-state index contributed by atoms with van der Waals surface area (Å²) in [6.07, 6.45) is 1.00. The molecule has 8 heteroatoms. The second kappa shape index (κ2) is 7.13. The fraction of sp³-hybridized carbons (Fsp3) is 0.0588. The average molecular weight is 379 g/mol. The second-order valence-corrected chi connectivity index (χ2v) is 6.03. The first kappa shape index (κ1) is 17.3. The minimum atomic E-state index is -0.596. The second-order valence-electron chi connectivity index (χ2n) is 5.29. The van der Waals surface area contributed by atoms with Crippen molar-refractivity contribution in [1.82, 2.24) is 9.97 Å². The lowest BCUT2D eigenvalue weighted by Crippen LogP contribution is -1.99. The summed E-state index contributed by atoms with van der Waals surface area (Å²) in [5, 5.41) is 15.9. The summed E-state index contributed by atoms with van der Waals surface area (Å²) in [6, 6.07) is 10.5. The van der Waals surface area contributed by atoms with Crippen molar-refractivity contribution in [2.45, 2.75) is 6.92 Å². The maximum Gasteiger partial charge on any atom is 0.224 e. The zero-order chi connectivity index (χ0) is 18.0. The van der Waals surface area contributed by atoms with Gasteiger partial charge in [-0.1, -0.05) is 11.6 Å². The van der Waals surface area contributed by atoms with Crippen molar-refractivity contribution in [2.24, 2.45) is 0 Å². The maximum absolute atomic E-state index is 13.6. The van der Waals surface area contributed by atoms with Crippen molar-refractivity contribution in [3.05, 3.63) is 64.3 Å². The van der Waals surface area contributed by atoms with Gasteiger partial charge < -0.3 is 15.7 Å². The molecule has 0 atom stereocenters. The van der Waals surface area contributed by atoms with E-state index >= 15 is 0 Å². The summed E-state index contributed by atoms with van der Waals surface area (Å²) in [6.45, 7) is 1.76. The van der Waals surface area contributed by atoms with Gasteiger partial charge in [0.05, 0.1) is 11.2 Å². The molecule has 0 radical (unpaired) electrons. The fourth-order valence-electron chi connectivity index (χ4n) is 2.18. The number of benzene rings is 2. The number of anilines is 4.